The average molecular weight is 340 g/mol. The van der Waals surface area contributed by atoms with Gasteiger partial charge in [-0.25, -0.2) is 4.98 Å². The fourth-order valence-electron chi connectivity index (χ4n) is 3.10. The molecule has 0 spiro atoms. The van der Waals surface area contributed by atoms with Crippen LogP contribution in [0.2, 0.25) is 0 Å². The van der Waals surface area contributed by atoms with Crippen LogP contribution in [-0.2, 0) is 0 Å². The maximum atomic E-state index is 13.2. The summed E-state index contributed by atoms with van der Waals surface area (Å²) >= 11 is 0. The first-order chi connectivity index (χ1) is 12.1. The highest BCUT2D eigenvalue weighted by molar-refractivity contribution is 6.11. The van der Waals surface area contributed by atoms with Gasteiger partial charge in [0.2, 0.25) is 0 Å². The number of carbonyl (C=O) groups excluding carboxylic acids is 1. The van der Waals surface area contributed by atoms with Crippen molar-refractivity contribution in [3.8, 4) is 0 Å². The molecule has 132 valence electrons. The maximum absolute atomic E-state index is 13.2. The van der Waals surface area contributed by atoms with E-state index in [1.807, 2.05) is 37.3 Å². The number of aryl methyl sites for hydroxylation is 1. The lowest BCUT2D eigenvalue weighted by atomic mass is 10.1. The number of nitrogens with one attached hydrogen (secondary N) is 1. The minimum absolute atomic E-state index is 0.0354. The molecule has 0 unspecified atom stereocenters. The van der Waals surface area contributed by atoms with E-state index in [-0.39, 0.29) is 5.91 Å². The van der Waals surface area contributed by atoms with Gasteiger partial charge in [-0.15, -0.1) is 10.2 Å². The van der Waals surface area contributed by atoms with Crippen molar-refractivity contribution in [2.45, 2.75) is 34.1 Å². The fraction of sp³-hybridized carbons (Fsp3) is 0.444. The first kappa shape index (κ1) is 17.1. The third-order valence-electron chi connectivity index (χ3n) is 4.38. The van der Waals surface area contributed by atoms with E-state index in [0.29, 0.717) is 30.1 Å². The lowest BCUT2D eigenvalue weighted by molar-refractivity contribution is 0.0775. The summed E-state index contributed by atoms with van der Waals surface area (Å²) in [5.74, 6) is 0.682. The first-order valence-corrected chi connectivity index (χ1v) is 8.79. The molecule has 0 fully saturated rings. The van der Waals surface area contributed by atoms with E-state index >= 15 is 0 Å². The van der Waals surface area contributed by atoms with Crippen LogP contribution in [0, 0.1) is 6.92 Å². The average Bonchev–Trinajstić information content (AvgIpc) is 3.02. The standard InChI is InChI=1S/C18H24N6O/c1-5-10-19-15-13-9-8-11-20-16(13)24-12(4)21-22-17(24)14(15)18(25)23(6-2)7-3/h8-9,11,19H,5-7,10H2,1-4H3. The highest BCUT2D eigenvalue weighted by Gasteiger charge is 2.26. The molecule has 0 aliphatic rings. The Bertz CT molecular complexity index is 913. The molecule has 0 bridgehead atoms. The molecule has 3 aromatic rings. The van der Waals surface area contributed by atoms with Gasteiger partial charge in [-0.1, -0.05) is 6.92 Å². The summed E-state index contributed by atoms with van der Waals surface area (Å²) < 4.78 is 1.86. The smallest absolute Gasteiger partial charge is 0.259 e. The zero-order valence-electron chi connectivity index (χ0n) is 15.2. The molecule has 0 saturated heterocycles. The third kappa shape index (κ3) is 2.79. The fourth-order valence-corrected chi connectivity index (χ4v) is 3.10. The van der Waals surface area contributed by atoms with Crippen molar-refractivity contribution in [2.75, 3.05) is 25.0 Å². The van der Waals surface area contributed by atoms with Crippen LogP contribution in [0.4, 0.5) is 5.69 Å². The second-order valence-corrected chi connectivity index (χ2v) is 5.94. The molecular formula is C18H24N6O. The molecule has 0 radical (unpaired) electrons. The molecule has 0 aliphatic heterocycles. The molecule has 25 heavy (non-hydrogen) atoms. The summed E-state index contributed by atoms with van der Waals surface area (Å²) in [4.78, 5) is 19.6. The van der Waals surface area contributed by atoms with Gasteiger partial charge in [0.1, 0.15) is 17.0 Å². The molecule has 0 saturated carbocycles. The van der Waals surface area contributed by atoms with Crippen LogP contribution in [0.25, 0.3) is 16.7 Å². The largest absolute Gasteiger partial charge is 0.384 e. The highest BCUT2D eigenvalue weighted by atomic mass is 16.2. The molecule has 7 nitrogen and oxygen atoms in total. The van der Waals surface area contributed by atoms with Gasteiger partial charge < -0.3 is 10.2 Å². The van der Waals surface area contributed by atoms with Gasteiger partial charge in [-0.05, 0) is 39.3 Å². The Morgan fingerprint density at radius 3 is 2.64 bits per heavy atom. The van der Waals surface area contributed by atoms with Crippen LogP contribution in [0.15, 0.2) is 18.3 Å². The SMILES string of the molecule is CCCNc1c(C(=O)N(CC)CC)c2nnc(C)n2c2ncccc12. The molecule has 1 N–H and O–H groups in total. The Morgan fingerprint density at radius 2 is 1.96 bits per heavy atom. The van der Waals surface area contributed by atoms with Gasteiger partial charge in [0.25, 0.3) is 5.91 Å². The summed E-state index contributed by atoms with van der Waals surface area (Å²) in [5.41, 5.74) is 2.67. The highest BCUT2D eigenvalue weighted by Crippen LogP contribution is 2.31. The number of fused-ring (bicyclic) bond motifs is 3. The molecule has 3 rings (SSSR count). The molecular weight excluding hydrogens is 316 g/mol. The number of anilines is 1. The molecule has 0 aromatic carbocycles. The van der Waals surface area contributed by atoms with Crippen molar-refractivity contribution in [2.24, 2.45) is 0 Å². The van der Waals surface area contributed by atoms with Gasteiger partial charge in [0, 0.05) is 31.2 Å². The van der Waals surface area contributed by atoms with Gasteiger partial charge in [0.05, 0.1) is 5.69 Å². The van der Waals surface area contributed by atoms with Gasteiger partial charge >= 0.3 is 0 Å². The lowest BCUT2D eigenvalue weighted by Gasteiger charge is -2.22. The van der Waals surface area contributed by atoms with Gasteiger partial charge in [-0.3, -0.25) is 9.20 Å². The van der Waals surface area contributed by atoms with Crippen LogP contribution >= 0.6 is 0 Å². The lowest BCUT2D eigenvalue weighted by Crippen LogP contribution is -2.31. The molecule has 7 heteroatoms. The van der Waals surface area contributed by atoms with E-state index in [0.717, 1.165) is 29.7 Å². The molecule has 3 aromatic heterocycles. The molecule has 0 atom stereocenters. The van der Waals surface area contributed by atoms with Crippen molar-refractivity contribution >= 4 is 28.3 Å². The van der Waals surface area contributed by atoms with Crippen LogP contribution in [0.3, 0.4) is 0 Å². The Labute approximate surface area is 147 Å². The van der Waals surface area contributed by atoms with Gasteiger partial charge in [-0.2, -0.15) is 0 Å². The monoisotopic (exact) mass is 340 g/mol. The predicted octanol–water partition coefficient (Wildman–Crippen LogP) is 2.89. The van der Waals surface area contributed by atoms with Crippen molar-refractivity contribution in [1.82, 2.24) is 24.5 Å². The number of pyridine rings is 2. The van der Waals surface area contributed by atoms with Crippen molar-refractivity contribution in [3.05, 3.63) is 29.7 Å². The van der Waals surface area contributed by atoms with Crippen LogP contribution in [-0.4, -0.2) is 50.0 Å². The molecule has 1 amide bonds. The minimum atomic E-state index is -0.0354. The normalized spacial score (nSPS) is 11.2. The second-order valence-electron chi connectivity index (χ2n) is 5.94. The van der Waals surface area contributed by atoms with Crippen molar-refractivity contribution in [1.29, 1.82) is 0 Å². The maximum Gasteiger partial charge on any atom is 0.259 e. The number of aromatic nitrogens is 4. The van der Waals surface area contributed by atoms with E-state index in [1.54, 1.807) is 11.1 Å². The Balaban J connectivity index is 2.39. The number of rotatable bonds is 6. The summed E-state index contributed by atoms with van der Waals surface area (Å²) in [6.45, 7) is 9.99. The summed E-state index contributed by atoms with van der Waals surface area (Å²) in [6.07, 6.45) is 2.70. The second kappa shape index (κ2) is 7.04. The Hall–Kier alpha value is -2.70. The van der Waals surface area contributed by atoms with E-state index in [1.165, 1.54) is 0 Å². The quantitative estimate of drug-likeness (QED) is 0.747. The van der Waals surface area contributed by atoms with Crippen molar-refractivity contribution in [3.63, 3.8) is 0 Å². The number of nitrogens with zero attached hydrogens (tertiary/aromatic N) is 5. The predicted molar refractivity (Wildman–Crippen MR) is 99.1 cm³/mol. The van der Waals surface area contributed by atoms with Crippen LogP contribution < -0.4 is 5.32 Å². The van der Waals surface area contributed by atoms with Gasteiger partial charge in [0.15, 0.2) is 5.65 Å². The molecule has 3 heterocycles. The van der Waals surface area contributed by atoms with Crippen LogP contribution in [0.5, 0.6) is 0 Å². The summed E-state index contributed by atoms with van der Waals surface area (Å²) in [6, 6.07) is 3.87. The number of hydrogen-bond acceptors (Lipinski definition) is 5. The third-order valence-corrected chi connectivity index (χ3v) is 4.38. The van der Waals surface area contributed by atoms with Crippen LogP contribution in [0.1, 0.15) is 43.4 Å². The van der Waals surface area contributed by atoms with E-state index in [4.69, 9.17) is 0 Å². The number of carbonyl (C=O) groups is 1. The van der Waals surface area contributed by atoms with E-state index < -0.39 is 0 Å². The zero-order chi connectivity index (χ0) is 18.0. The van der Waals surface area contributed by atoms with E-state index in [9.17, 15) is 4.79 Å². The Kier molecular flexibility index (Phi) is 4.83. The first-order valence-electron chi connectivity index (χ1n) is 8.79. The topological polar surface area (TPSA) is 75.4 Å². The minimum Gasteiger partial charge on any atom is -0.384 e. The van der Waals surface area contributed by atoms with Crippen molar-refractivity contribution < 1.29 is 4.79 Å². The Morgan fingerprint density at radius 1 is 1.20 bits per heavy atom. The number of amides is 1. The zero-order valence-corrected chi connectivity index (χ0v) is 15.2. The summed E-state index contributed by atoms with van der Waals surface area (Å²) in [7, 11) is 0. The molecule has 0 aliphatic carbocycles. The van der Waals surface area contributed by atoms with E-state index in [2.05, 4.69) is 27.4 Å². The summed E-state index contributed by atoms with van der Waals surface area (Å²) in [5, 5.41) is 12.8. The number of hydrogen-bond donors (Lipinski definition) is 1.